The zero-order valence-electron chi connectivity index (χ0n) is 12.4. The maximum Gasteiger partial charge on any atom is 0.408 e. The fourth-order valence-electron chi connectivity index (χ4n) is 1.85. The molecule has 0 spiro atoms. The van der Waals surface area contributed by atoms with Gasteiger partial charge in [0.1, 0.15) is 11.0 Å². The van der Waals surface area contributed by atoms with Crippen LogP contribution in [0.3, 0.4) is 0 Å². The molecule has 1 rings (SSSR count). The molecule has 0 aromatic heterocycles. The molecular formula is C14H24N2O3S. The van der Waals surface area contributed by atoms with Gasteiger partial charge in [-0.15, -0.1) is 11.8 Å². The summed E-state index contributed by atoms with van der Waals surface area (Å²) in [6, 6.07) is 1.76. The Kier molecular flexibility index (Phi) is 6.63. The second-order valence-electron chi connectivity index (χ2n) is 6.10. The van der Waals surface area contributed by atoms with Crippen molar-refractivity contribution < 1.29 is 14.6 Å². The van der Waals surface area contributed by atoms with Crippen LogP contribution >= 0.6 is 11.8 Å². The predicted octanol–water partition coefficient (Wildman–Crippen LogP) is 2.65. The molecule has 0 radical (unpaired) electrons. The van der Waals surface area contributed by atoms with Crippen molar-refractivity contribution in [3.05, 3.63) is 0 Å². The number of ether oxygens (including phenoxy) is 1. The van der Waals surface area contributed by atoms with Gasteiger partial charge in [-0.25, -0.2) is 4.79 Å². The van der Waals surface area contributed by atoms with E-state index >= 15 is 0 Å². The maximum absolute atomic E-state index is 11.7. The van der Waals surface area contributed by atoms with Crippen molar-refractivity contribution in [1.29, 1.82) is 5.26 Å². The SMILES string of the molecule is CC(C)(C)OC(=O)NC(SCCC1CCC1)C(O)C#N. The van der Waals surface area contributed by atoms with Crippen LogP contribution < -0.4 is 5.32 Å². The summed E-state index contributed by atoms with van der Waals surface area (Å²) in [4.78, 5) is 11.7. The Hall–Kier alpha value is -0.930. The van der Waals surface area contributed by atoms with Crippen LogP contribution in [0.4, 0.5) is 4.79 Å². The molecule has 1 aliphatic carbocycles. The number of amides is 1. The molecular weight excluding hydrogens is 276 g/mol. The van der Waals surface area contributed by atoms with Crippen molar-refractivity contribution in [2.24, 2.45) is 5.92 Å². The minimum Gasteiger partial charge on any atom is -0.444 e. The number of hydrogen-bond donors (Lipinski definition) is 2. The third-order valence-corrected chi connectivity index (χ3v) is 4.33. The summed E-state index contributed by atoms with van der Waals surface area (Å²) < 4.78 is 5.14. The molecule has 2 unspecified atom stereocenters. The standard InChI is InChI=1S/C14H24N2O3S/c1-14(2,3)19-13(18)16-12(11(17)9-15)20-8-7-10-5-4-6-10/h10-12,17H,4-8H2,1-3H3,(H,16,18). The van der Waals surface area contributed by atoms with Crippen molar-refractivity contribution >= 4 is 17.9 Å². The van der Waals surface area contributed by atoms with Gasteiger partial charge >= 0.3 is 6.09 Å². The van der Waals surface area contributed by atoms with Crippen LogP contribution in [0.25, 0.3) is 0 Å². The molecule has 1 saturated carbocycles. The van der Waals surface area contributed by atoms with Crippen LogP contribution in [0.5, 0.6) is 0 Å². The molecule has 6 heteroatoms. The molecule has 114 valence electrons. The zero-order chi connectivity index (χ0) is 15.2. The van der Waals surface area contributed by atoms with Crippen molar-refractivity contribution in [1.82, 2.24) is 5.32 Å². The van der Waals surface area contributed by atoms with Gasteiger partial charge in [0.15, 0.2) is 6.10 Å². The summed E-state index contributed by atoms with van der Waals surface area (Å²) in [6.45, 7) is 5.31. The molecule has 0 saturated heterocycles. The lowest BCUT2D eigenvalue weighted by Gasteiger charge is -2.27. The van der Waals surface area contributed by atoms with Crippen molar-refractivity contribution in [2.45, 2.75) is 63.5 Å². The van der Waals surface area contributed by atoms with Gasteiger partial charge in [0.25, 0.3) is 0 Å². The van der Waals surface area contributed by atoms with Gasteiger partial charge in [0.05, 0.1) is 6.07 Å². The van der Waals surface area contributed by atoms with Crippen LogP contribution in [0.15, 0.2) is 0 Å². The van der Waals surface area contributed by atoms with Crippen molar-refractivity contribution in [3.63, 3.8) is 0 Å². The minimum atomic E-state index is -1.23. The van der Waals surface area contributed by atoms with E-state index in [1.165, 1.54) is 31.0 Å². The Bertz CT molecular complexity index is 358. The number of thioether (sulfide) groups is 1. The third kappa shape index (κ3) is 6.49. The second kappa shape index (κ2) is 7.75. The number of nitrogens with one attached hydrogen (secondary N) is 1. The van der Waals surface area contributed by atoms with Crippen LogP contribution in [0, 0.1) is 17.2 Å². The Morgan fingerprint density at radius 2 is 2.20 bits per heavy atom. The molecule has 0 heterocycles. The molecule has 20 heavy (non-hydrogen) atoms. The monoisotopic (exact) mass is 300 g/mol. The lowest BCUT2D eigenvalue weighted by Crippen LogP contribution is -2.43. The highest BCUT2D eigenvalue weighted by Crippen LogP contribution is 2.31. The average molecular weight is 300 g/mol. The fraction of sp³-hybridized carbons (Fsp3) is 0.857. The van der Waals surface area contributed by atoms with Crippen molar-refractivity contribution in [3.8, 4) is 6.07 Å². The zero-order valence-corrected chi connectivity index (χ0v) is 13.2. The van der Waals surface area contributed by atoms with Gasteiger partial charge in [-0.2, -0.15) is 5.26 Å². The number of rotatable bonds is 6. The van der Waals surface area contributed by atoms with Crippen LogP contribution in [-0.4, -0.2) is 34.0 Å². The summed E-state index contributed by atoms with van der Waals surface area (Å²) in [5.74, 6) is 1.59. The van der Waals surface area contributed by atoms with Crippen molar-refractivity contribution in [2.75, 3.05) is 5.75 Å². The number of carbonyl (C=O) groups excluding carboxylic acids is 1. The van der Waals surface area contributed by atoms with Gasteiger partial charge in [-0.3, -0.25) is 0 Å². The summed E-state index contributed by atoms with van der Waals surface area (Å²) in [7, 11) is 0. The molecule has 1 aliphatic rings. The second-order valence-corrected chi connectivity index (χ2v) is 7.35. The molecule has 0 aromatic rings. The normalized spacial score (nSPS) is 18.6. The molecule has 2 atom stereocenters. The van der Waals surface area contributed by atoms with E-state index < -0.39 is 23.2 Å². The Balaban J connectivity index is 2.38. The van der Waals surface area contributed by atoms with E-state index in [-0.39, 0.29) is 0 Å². The number of alkyl carbamates (subject to hydrolysis) is 1. The number of hydrogen-bond acceptors (Lipinski definition) is 5. The van der Waals surface area contributed by atoms with E-state index in [1.54, 1.807) is 26.8 Å². The maximum atomic E-state index is 11.7. The Morgan fingerprint density at radius 1 is 1.55 bits per heavy atom. The van der Waals surface area contributed by atoms with E-state index in [4.69, 9.17) is 10.00 Å². The first-order chi connectivity index (χ1) is 9.31. The van der Waals surface area contributed by atoms with E-state index in [0.717, 1.165) is 18.1 Å². The van der Waals surface area contributed by atoms with E-state index in [2.05, 4.69) is 5.32 Å². The molecule has 0 bridgehead atoms. The lowest BCUT2D eigenvalue weighted by atomic mass is 9.84. The third-order valence-electron chi connectivity index (χ3n) is 3.13. The number of nitrogens with zero attached hydrogens (tertiary/aromatic N) is 1. The fourth-order valence-corrected chi connectivity index (χ4v) is 2.99. The van der Waals surface area contributed by atoms with Gasteiger partial charge < -0.3 is 15.2 Å². The topological polar surface area (TPSA) is 82.3 Å². The first kappa shape index (κ1) is 17.1. The lowest BCUT2D eigenvalue weighted by molar-refractivity contribution is 0.0495. The largest absolute Gasteiger partial charge is 0.444 e. The highest BCUT2D eigenvalue weighted by molar-refractivity contribution is 7.99. The summed E-state index contributed by atoms with van der Waals surface area (Å²) in [5.41, 5.74) is -0.594. The highest BCUT2D eigenvalue weighted by atomic mass is 32.2. The van der Waals surface area contributed by atoms with Gasteiger partial charge in [-0.1, -0.05) is 19.3 Å². The molecule has 1 amide bonds. The quantitative estimate of drug-likeness (QED) is 0.582. The summed E-state index contributed by atoms with van der Waals surface area (Å²) in [6.07, 6.45) is 3.07. The molecule has 1 fully saturated rings. The molecule has 5 nitrogen and oxygen atoms in total. The average Bonchev–Trinajstić information content (AvgIpc) is 2.27. The van der Waals surface area contributed by atoms with E-state index in [9.17, 15) is 9.90 Å². The van der Waals surface area contributed by atoms with Gasteiger partial charge in [0, 0.05) is 0 Å². The van der Waals surface area contributed by atoms with Crippen LogP contribution in [0.1, 0.15) is 46.5 Å². The Labute approximate surface area is 125 Å². The number of aliphatic hydroxyl groups is 1. The first-order valence-electron chi connectivity index (χ1n) is 7.00. The van der Waals surface area contributed by atoms with Crippen LogP contribution in [0.2, 0.25) is 0 Å². The van der Waals surface area contributed by atoms with E-state index in [0.29, 0.717) is 0 Å². The summed E-state index contributed by atoms with van der Waals surface area (Å²) in [5, 5.41) is 20.4. The van der Waals surface area contributed by atoms with Gasteiger partial charge in [-0.05, 0) is 38.9 Å². The minimum absolute atomic E-state index is 0.594. The predicted molar refractivity (Wildman–Crippen MR) is 79.2 cm³/mol. The number of carbonyl (C=O) groups is 1. The van der Waals surface area contributed by atoms with E-state index in [1.807, 2.05) is 0 Å². The number of aliphatic hydroxyl groups excluding tert-OH is 1. The van der Waals surface area contributed by atoms with Crippen LogP contribution in [-0.2, 0) is 4.74 Å². The Morgan fingerprint density at radius 3 is 2.65 bits per heavy atom. The molecule has 0 aromatic carbocycles. The first-order valence-corrected chi connectivity index (χ1v) is 8.05. The smallest absolute Gasteiger partial charge is 0.408 e. The summed E-state index contributed by atoms with van der Waals surface area (Å²) >= 11 is 1.40. The molecule has 0 aliphatic heterocycles. The number of nitriles is 1. The molecule has 2 N–H and O–H groups in total. The highest BCUT2D eigenvalue weighted by Gasteiger charge is 2.25. The van der Waals surface area contributed by atoms with Gasteiger partial charge in [0.2, 0.25) is 0 Å².